The minimum Gasteiger partial charge on any atom is -0.323 e. The number of hydrogen-bond donors (Lipinski definition) is 0. The molecule has 1 atom stereocenters. The van der Waals surface area contributed by atoms with Crippen molar-refractivity contribution in [2.45, 2.75) is 19.1 Å². The van der Waals surface area contributed by atoms with Crippen molar-refractivity contribution in [2.75, 3.05) is 6.56 Å². The number of aryl methyl sites for hydroxylation is 1. The molecule has 0 aromatic carbocycles. The van der Waals surface area contributed by atoms with Gasteiger partial charge in [0, 0.05) is 23.9 Å². The predicted octanol–water partition coefficient (Wildman–Crippen LogP) is 3.05. The van der Waals surface area contributed by atoms with Gasteiger partial charge in [-0.2, -0.15) is 19.0 Å². The Morgan fingerprint density at radius 3 is 2.76 bits per heavy atom. The second-order valence-electron chi connectivity index (χ2n) is 5.06. The normalized spacial score (nSPS) is 14.4. The van der Waals surface area contributed by atoms with Gasteiger partial charge in [0.2, 0.25) is 0 Å². The summed E-state index contributed by atoms with van der Waals surface area (Å²) in [5, 5.41) is 8.24. The Labute approximate surface area is 153 Å². The number of rotatable bonds is 7. The maximum absolute atomic E-state index is 12.5. The SMILES string of the molecule is [2H]C([2H])(CC(c1ccc(Br)cn1)n1cc(-c2ncnn2C)cn1)OC(F)F. The van der Waals surface area contributed by atoms with Crippen molar-refractivity contribution in [3.63, 3.8) is 0 Å². The van der Waals surface area contributed by atoms with Crippen molar-refractivity contribution < 1.29 is 16.3 Å². The molecular weight excluding hydrogens is 398 g/mol. The molecule has 0 saturated carbocycles. The zero-order valence-electron chi connectivity index (χ0n) is 15.1. The number of nitrogens with zero attached hydrogens (tertiary/aromatic N) is 6. The Bertz CT molecular complexity index is 902. The van der Waals surface area contributed by atoms with Crippen molar-refractivity contribution in [2.24, 2.45) is 7.05 Å². The first-order chi connectivity index (χ1) is 12.7. The highest BCUT2D eigenvalue weighted by Crippen LogP contribution is 2.24. The van der Waals surface area contributed by atoms with Gasteiger partial charge in [0.05, 0.1) is 32.8 Å². The van der Waals surface area contributed by atoms with Crippen molar-refractivity contribution in [1.29, 1.82) is 0 Å². The number of hydrogen-bond acceptors (Lipinski definition) is 5. The first-order valence-electron chi connectivity index (χ1n) is 8.21. The molecule has 0 aliphatic heterocycles. The molecule has 0 fully saturated rings. The van der Waals surface area contributed by atoms with E-state index in [1.54, 1.807) is 42.5 Å². The van der Waals surface area contributed by atoms with E-state index in [1.165, 1.54) is 11.0 Å². The Hall–Kier alpha value is -2.20. The van der Waals surface area contributed by atoms with Crippen molar-refractivity contribution >= 4 is 15.9 Å². The molecule has 3 aromatic rings. The fraction of sp³-hybridized carbons (Fsp3) is 0.333. The van der Waals surface area contributed by atoms with Gasteiger partial charge >= 0.3 is 6.61 Å². The molecule has 3 heterocycles. The van der Waals surface area contributed by atoms with Crippen LogP contribution in [0.3, 0.4) is 0 Å². The van der Waals surface area contributed by atoms with Gasteiger partial charge < -0.3 is 4.74 Å². The highest BCUT2D eigenvalue weighted by Gasteiger charge is 2.19. The average Bonchev–Trinajstić information content (AvgIpc) is 3.21. The van der Waals surface area contributed by atoms with E-state index >= 15 is 0 Å². The molecule has 3 aromatic heterocycles. The minimum atomic E-state index is -3.23. The van der Waals surface area contributed by atoms with Gasteiger partial charge in [-0.1, -0.05) is 0 Å². The van der Waals surface area contributed by atoms with Gasteiger partial charge in [-0.25, -0.2) is 9.67 Å². The smallest absolute Gasteiger partial charge is 0.323 e. The zero-order valence-corrected chi connectivity index (χ0v) is 14.6. The molecule has 0 aliphatic carbocycles. The van der Waals surface area contributed by atoms with Gasteiger partial charge in [0.1, 0.15) is 6.33 Å². The molecule has 7 nitrogen and oxygen atoms in total. The summed E-state index contributed by atoms with van der Waals surface area (Å²) in [4.78, 5) is 8.39. The molecule has 0 amide bonds. The maximum atomic E-state index is 12.5. The maximum Gasteiger partial charge on any atom is 0.345 e. The third kappa shape index (κ3) is 4.26. The van der Waals surface area contributed by atoms with E-state index in [2.05, 4.69) is 40.8 Å². The number of pyridine rings is 1. The highest BCUT2D eigenvalue weighted by molar-refractivity contribution is 9.10. The van der Waals surface area contributed by atoms with E-state index in [4.69, 9.17) is 2.74 Å². The van der Waals surface area contributed by atoms with Gasteiger partial charge in [-0.05, 0) is 34.5 Å². The van der Waals surface area contributed by atoms with E-state index in [1.807, 2.05) is 0 Å². The van der Waals surface area contributed by atoms with E-state index in [-0.39, 0.29) is 0 Å². The van der Waals surface area contributed by atoms with Crippen molar-refractivity contribution in [1.82, 2.24) is 29.5 Å². The minimum absolute atomic E-state index is 0.411. The van der Waals surface area contributed by atoms with Crippen LogP contribution in [0.25, 0.3) is 11.4 Å². The van der Waals surface area contributed by atoms with Crippen LogP contribution in [0.1, 0.15) is 20.9 Å². The number of halogens is 3. The van der Waals surface area contributed by atoms with Crippen LogP contribution < -0.4 is 0 Å². The topological polar surface area (TPSA) is 70.7 Å². The number of ether oxygens (including phenoxy) is 1. The third-order valence-corrected chi connectivity index (χ3v) is 3.90. The van der Waals surface area contributed by atoms with Crippen LogP contribution in [0.15, 0.2) is 41.5 Å². The quantitative estimate of drug-likeness (QED) is 0.593. The Balaban J connectivity index is 1.96. The molecule has 0 N–H and O–H groups in total. The molecule has 1 unspecified atom stereocenters. The standard InChI is InChI=1S/C15H15BrF2N6O/c1-23-14(20-9-22-23)10-6-21-24(8-10)13(4-5-25-15(17)18)12-3-2-11(16)7-19-12/h2-3,6-9,13,15H,4-5H2,1H3/i5D2. The fourth-order valence-electron chi connectivity index (χ4n) is 2.29. The third-order valence-electron chi connectivity index (χ3n) is 3.43. The van der Waals surface area contributed by atoms with Crippen LogP contribution in [0.5, 0.6) is 0 Å². The van der Waals surface area contributed by atoms with Gasteiger partial charge in [0.25, 0.3) is 0 Å². The first kappa shape index (κ1) is 15.1. The van der Waals surface area contributed by atoms with Gasteiger partial charge in [-0.3, -0.25) is 9.67 Å². The zero-order chi connectivity index (χ0) is 19.6. The molecule has 0 bridgehead atoms. The van der Waals surface area contributed by atoms with Gasteiger partial charge in [0.15, 0.2) is 5.82 Å². The Morgan fingerprint density at radius 1 is 1.28 bits per heavy atom. The molecule has 0 aliphatic rings. The second-order valence-corrected chi connectivity index (χ2v) is 5.98. The lowest BCUT2D eigenvalue weighted by Crippen LogP contribution is -2.16. The molecule has 25 heavy (non-hydrogen) atoms. The van der Waals surface area contributed by atoms with Crippen LogP contribution in [-0.4, -0.2) is 42.7 Å². The summed E-state index contributed by atoms with van der Waals surface area (Å²) < 4.78 is 48.5. The molecular formula is C15H15BrF2N6O. The molecule has 10 heteroatoms. The lowest BCUT2D eigenvalue weighted by molar-refractivity contribution is -0.130. The fourth-order valence-corrected chi connectivity index (χ4v) is 2.52. The molecule has 3 rings (SSSR count). The van der Waals surface area contributed by atoms with Crippen LogP contribution >= 0.6 is 15.9 Å². The summed E-state index contributed by atoms with van der Waals surface area (Å²) in [6, 6.07) is 2.62. The van der Waals surface area contributed by atoms with Gasteiger partial charge in [-0.15, -0.1) is 0 Å². The summed E-state index contributed by atoms with van der Waals surface area (Å²) in [6.45, 7) is -5.81. The molecule has 0 saturated heterocycles. The summed E-state index contributed by atoms with van der Waals surface area (Å²) in [5.41, 5.74) is 1.10. The summed E-state index contributed by atoms with van der Waals surface area (Å²) >= 11 is 3.28. The monoisotopic (exact) mass is 414 g/mol. The summed E-state index contributed by atoms with van der Waals surface area (Å²) in [7, 11) is 1.72. The summed E-state index contributed by atoms with van der Waals surface area (Å²) in [5.74, 6) is 0.565. The predicted molar refractivity (Wildman–Crippen MR) is 88.9 cm³/mol. The lowest BCUT2D eigenvalue weighted by atomic mass is 10.1. The van der Waals surface area contributed by atoms with Crippen molar-refractivity contribution in [3.8, 4) is 11.4 Å². The summed E-state index contributed by atoms with van der Waals surface area (Å²) in [6.07, 6.45) is 5.71. The highest BCUT2D eigenvalue weighted by atomic mass is 79.9. The first-order valence-corrected chi connectivity index (χ1v) is 8.00. The molecule has 132 valence electrons. The Kier molecular flexibility index (Phi) is 4.70. The van der Waals surface area contributed by atoms with E-state index < -0.39 is 25.6 Å². The number of aromatic nitrogens is 6. The van der Waals surface area contributed by atoms with Crippen LogP contribution in [0.2, 0.25) is 0 Å². The molecule has 0 radical (unpaired) electrons. The van der Waals surface area contributed by atoms with Crippen molar-refractivity contribution in [3.05, 3.63) is 47.2 Å². The number of alkyl halides is 2. The van der Waals surface area contributed by atoms with E-state index in [0.29, 0.717) is 17.1 Å². The largest absolute Gasteiger partial charge is 0.345 e. The van der Waals surface area contributed by atoms with E-state index in [9.17, 15) is 8.78 Å². The second kappa shape index (κ2) is 7.79. The molecule has 0 spiro atoms. The van der Waals surface area contributed by atoms with Crippen LogP contribution in [0, 0.1) is 0 Å². The Morgan fingerprint density at radius 2 is 2.12 bits per heavy atom. The van der Waals surface area contributed by atoms with Crippen LogP contribution in [-0.2, 0) is 11.8 Å². The van der Waals surface area contributed by atoms with Crippen LogP contribution in [0.4, 0.5) is 8.78 Å². The average molecular weight is 415 g/mol. The van der Waals surface area contributed by atoms with E-state index in [0.717, 1.165) is 4.47 Å². The lowest BCUT2D eigenvalue weighted by Gasteiger charge is -2.17.